The van der Waals surface area contributed by atoms with Crippen LogP contribution in [-0.2, 0) is 4.74 Å². The van der Waals surface area contributed by atoms with E-state index in [1.807, 2.05) is 0 Å². The van der Waals surface area contributed by atoms with E-state index >= 15 is 0 Å². The minimum Gasteiger partial charge on any atom is -0.478 e. The van der Waals surface area contributed by atoms with E-state index in [0.29, 0.717) is 24.0 Å². The Kier molecular flexibility index (Phi) is 3.47. The zero-order valence-corrected chi connectivity index (χ0v) is 10.8. The molecule has 20 heavy (non-hydrogen) atoms. The monoisotopic (exact) mass is 274 g/mol. The van der Waals surface area contributed by atoms with Crippen LogP contribution < -0.4 is 0 Å². The molecular weight excluding hydrogens is 260 g/mol. The second-order valence-corrected chi connectivity index (χ2v) is 4.74. The van der Waals surface area contributed by atoms with E-state index in [9.17, 15) is 4.79 Å². The fourth-order valence-electron chi connectivity index (χ4n) is 2.21. The zero-order valence-electron chi connectivity index (χ0n) is 10.8. The van der Waals surface area contributed by atoms with Gasteiger partial charge in [-0.25, -0.2) is 4.79 Å². The topological polar surface area (TPSA) is 85.5 Å². The number of hydrogen-bond donors (Lipinski definition) is 1. The van der Waals surface area contributed by atoms with Gasteiger partial charge in [0.25, 0.3) is 0 Å². The van der Waals surface area contributed by atoms with Crippen LogP contribution in [0.5, 0.6) is 0 Å². The first-order valence-electron chi connectivity index (χ1n) is 6.49. The highest BCUT2D eigenvalue weighted by Gasteiger charge is 2.22. The van der Waals surface area contributed by atoms with E-state index in [1.165, 1.54) is 12.1 Å². The number of carbonyl (C=O) groups is 1. The number of nitrogens with zero attached hydrogens (tertiary/aromatic N) is 2. The van der Waals surface area contributed by atoms with Crippen LogP contribution in [0.15, 0.2) is 28.7 Å². The Hall–Kier alpha value is -2.21. The Morgan fingerprint density at radius 3 is 2.70 bits per heavy atom. The van der Waals surface area contributed by atoms with Crippen molar-refractivity contribution < 1.29 is 19.1 Å². The molecule has 0 spiro atoms. The number of ether oxygens (including phenoxy) is 1. The molecule has 0 saturated carbocycles. The maximum absolute atomic E-state index is 10.8. The van der Waals surface area contributed by atoms with Crippen LogP contribution in [0.4, 0.5) is 0 Å². The predicted octanol–water partition coefficient (Wildman–Crippen LogP) is 2.33. The molecule has 1 saturated heterocycles. The van der Waals surface area contributed by atoms with Gasteiger partial charge in [0.2, 0.25) is 11.8 Å². The molecule has 104 valence electrons. The van der Waals surface area contributed by atoms with Gasteiger partial charge in [0, 0.05) is 12.2 Å². The predicted molar refractivity (Wildman–Crippen MR) is 69.5 cm³/mol. The van der Waals surface area contributed by atoms with Crippen LogP contribution in [0.25, 0.3) is 11.5 Å². The molecule has 1 N–H and O–H groups in total. The highest BCUT2D eigenvalue weighted by molar-refractivity contribution is 5.88. The molecule has 0 radical (unpaired) electrons. The Balaban J connectivity index is 1.80. The van der Waals surface area contributed by atoms with Gasteiger partial charge < -0.3 is 14.3 Å². The largest absolute Gasteiger partial charge is 0.478 e. The summed E-state index contributed by atoms with van der Waals surface area (Å²) in [4.78, 5) is 10.8. The van der Waals surface area contributed by atoms with E-state index < -0.39 is 5.97 Å². The van der Waals surface area contributed by atoms with Gasteiger partial charge in [0.15, 0.2) is 0 Å². The number of carboxylic acid groups (broad SMARTS) is 1. The molecule has 0 amide bonds. The molecule has 1 fully saturated rings. The molecule has 2 aromatic rings. The fraction of sp³-hybridized carbons (Fsp3) is 0.357. The van der Waals surface area contributed by atoms with Crippen LogP contribution in [0.3, 0.4) is 0 Å². The molecule has 1 aromatic carbocycles. The number of carboxylic acids is 1. The van der Waals surface area contributed by atoms with Gasteiger partial charge in [-0.2, -0.15) is 0 Å². The molecule has 1 unspecified atom stereocenters. The van der Waals surface area contributed by atoms with Crippen molar-refractivity contribution in [1.82, 2.24) is 10.2 Å². The van der Waals surface area contributed by atoms with E-state index in [-0.39, 0.29) is 11.5 Å². The first kappa shape index (κ1) is 12.8. The van der Waals surface area contributed by atoms with E-state index in [2.05, 4.69) is 10.2 Å². The first-order chi connectivity index (χ1) is 9.74. The third kappa shape index (κ3) is 2.55. The molecule has 1 atom stereocenters. The molecular formula is C14H14N2O4. The van der Waals surface area contributed by atoms with Crippen LogP contribution in [0.1, 0.15) is 35.0 Å². The summed E-state index contributed by atoms with van der Waals surface area (Å²) in [6, 6.07) is 6.37. The summed E-state index contributed by atoms with van der Waals surface area (Å²) in [5.41, 5.74) is 0.944. The van der Waals surface area contributed by atoms with Gasteiger partial charge in [-0.1, -0.05) is 0 Å². The normalized spacial score (nSPS) is 18.9. The van der Waals surface area contributed by atoms with E-state index in [4.69, 9.17) is 14.3 Å². The highest BCUT2D eigenvalue weighted by atomic mass is 16.5. The first-order valence-corrected chi connectivity index (χ1v) is 6.49. The second kappa shape index (κ2) is 5.42. The second-order valence-electron chi connectivity index (χ2n) is 4.74. The van der Waals surface area contributed by atoms with Crippen molar-refractivity contribution >= 4 is 5.97 Å². The average Bonchev–Trinajstić information content (AvgIpc) is 2.98. The summed E-state index contributed by atoms with van der Waals surface area (Å²) in [6.07, 6.45) is 1.98. The fourth-order valence-corrected chi connectivity index (χ4v) is 2.21. The van der Waals surface area contributed by atoms with E-state index in [1.54, 1.807) is 12.1 Å². The number of aromatic carboxylic acids is 1. The lowest BCUT2D eigenvalue weighted by Crippen LogP contribution is -2.15. The van der Waals surface area contributed by atoms with Gasteiger partial charge in [-0.3, -0.25) is 0 Å². The third-order valence-corrected chi connectivity index (χ3v) is 3.33. The lowest BCUT2D eigenvalue weighted by molar-refractivity contribution is 0.0696. The molecule has 1 aliphatic rings. The molecule has 2 heterocycles. The molecule has 1 aliphatic heterocycles. The molecule has 3 rings (SSSR count). The Labute approximate surface area is 115 Å². The Morgan fingerprint density at radius 1 is 1.25 bits per heavy atom. The lowest BCUT2D eigenvalue weighted by atomic mass is 10.0. The quantitative estimate of drug-likeness (QED) is 0.924. The number of benzene rings is 1. The standard InChI is InChI=1S/C14H14N2O4/c17-14(18)10-5-3-9(4-6-10)12-15-16-13(20-12)11-2-1-7-19-8-11/h3-6,11H,1-2,7-8H2,(H,17,18). The minimum atomic E-state index is -0.956. The number of rotatable bonds is 3. The smallest absolute Gasteiger partial charge is 0.335 e. The van der Waals surface area contributed by atoms with Crippen LogP contribution >= 0.6 is 0 Å². The summed E-state index contributed by atoms with van der Waals surface area (Å²) >= 11 is 0. The summed E-state index contributed by atoms with van der Waals surface area (Å²) < 4.78 is 11.1. The van der Waals surface area contributed by atoms with Gasteiger partial charge in [-0.15, -0.1) is 10.2 Å². The van der Waals surface area contributed by atoms with Crippen molar-refractivity contribution in [2.75, 3.05) is 13.2 Å². The average molecular weight is 274 g/mol. The number of hydrogen-bond acceptors (Lipinski definition) is 5. The van der Waals surface area contributed by atoms with Crippen LogP contribution in [-0.4, -0.2) is 34.5 Å². The Morgan fingerprint density at radius 2 is 2.05 bits per heavy atom. The summed E-state index contributed by atoms with van der Waals surface area (Å²) in [7, 11) is 0. The van der Waals surface area contributed by atoms with Gasteiger partial charge in [-0.05, 0) is 37.1 Å². The molecule has 1 aromatic heterocycles. The Bertz CT molecular complexity index is 600. The zero-order chi connectivity index (χ0) is 13.9. The summed E-state index contributed by atoms with van der Waals surface area (Å²) in [5.74, 6) is 0.190. The van der Waals surface area contributed by atoms with Crippen LogP contribution in [0, 0.1) is 0 Å². The van der Waals surface area contributed by atoms with Crippen molar-refractivity contribution in [1.29, 1.82) is 0 Å². The van der Waals surface area contributed by atoms with Crippen molar-refractivity contribution in [2.24, 2.45) is 0 Å². The summed E-state index contributed by atoms with van der Waals surface area (Å²) in [6.45, 7) is 1.40. The molecule has 6 heteroatoms. The molecule has 6 nitrogen and oxygen atoms in total. The van der Waals surface area contributed by atoms with Gasteiger partial charge >= 0.3 is 5.97 Å². The van der Waals surface area contributed by atoms with Gasteiger partial charge in [0.05, 0.1) is 18.1 Å². The van der Waals surface area contributed by atoms with Crippen molar-refractivity contribution in [3.8, 4) is 11.5 Å². The third-order valence-electron chi connectivity index (χ3n) is 3.33. The SMILES string of the molecule is O=C(O)c1ccc(-c2nnc(C3CCCOC3)o2)cc1. The number of aromatic nitrogens is 2. The molecule has 0 aliphatic carbocycles. The van der Waals surface area contributed by atoms with Crippen molar-refractivity contribution in [2.45, 2.75) is 18.8 Å². The van der Waals surface area contributed by atoms with Crippen LogP contribution in [0.2, 0.25) is 0 Å². The maximum Gasteiger partial charge on any atom is 0.335 e. The van der Waals surface area contributed by atoms with E-state index in [0.717, 1.165) is 19.4 Å². The van der Waals surface area contributed by atoms with Crippen molar-refractivity contribution in [3.05, 3.63) is 35.7 Å². The highest BCUT2D eigenvalue weighted by Crippen LogP contribution is 2.27. The maximum atomic E-state index is 10.8. The minimum absolute atomic E-state index is 0.156. The van der Waals surface area contributed by atoms with Crippen molar-refractivity contribution in [3.63, 3.8) is 0 Å². The summed E-state index contributed by atoms with van der Waals surface area (Å²) in [5, 5.41) is 16.9. The lowest BCUT2D eigenvalue weighted by Gasteiger charge is -2.18. The van der Waals surface area contributed by atoms with Gasteiger partial charge in [0.1, 0.15) is 0 Å². The molecule has 0 bridgehead atoms.